The first kappa shape index (κ1) is 19.2. The van der Waals surface area contributed by atoms with E-state index in [0.717, 1.165) is 28.1 Å². The number of nitrogens with zero attached hydrogens (tertiary/aromatic N) is 2. The zero-order chi connectivity index (χ0) is 19.7. The molecule has 2 aromatic heterocycles. The maximum absolute atomic E-state index is 12.5. The van der Waals surface area contributed by atoms with Gasteiger partial charge in [-0.1, -0.05) is 18.7 Å². The molecule has 7 nitrogen and oxygen atoms in total. The van der Waals surface area contributed by atoms with Crippen LogP contribution in [-0.2, 0) is 22.4 Å². The third-order valence-electron chi connectivity index (χ3n) is 4.97. The van der Waals surface area contributed by atoms with Gasteiger partial charge in [-0.15, -0.1) is 11.3 Å². The van der Waals surface area contributed by atoms with E-state index in [1.807, 2.05) is 6.92 Å². The molecule has 0 saturated heterocycles. The molecule has 0 radical (unpaired) electrons. The molecule has 148 valence electrons. The first-order chi connectivity index (χ1) is 13.6. The normalized spacial score (nSPS) is 18.8. The third kappa shape index (κ3) is 3.48. The number of hydrogen-bond donors (Lipinski definition) is 2. The summed E-state index contributed by atoms with van der Waals surface area (Å²) < 4.78 is 5.23. The lowest BCUT2D eigenvalue weighted by molar-refractivity contribution is -0.139. The topological polar surface area (TPSA) is 93.2 Å². The lowest BCUT2D eigenvalue weighted by Crippen LogP contribution is -2.50. The number of aromatic nitrogens is 2. The van der Waals surface area contributed by atoms with E-state index in [9.17, 15) is 9.59 Å². The van der Waals surface area contributed by atoms with Crippen molar-refractivity contribution in [3.63, 3.8) is 0 Å². The van der Waals surface area contributed by atoms with Crippen LogP contribution in [0.3, 0.4) is 0 Å². The zero-order valence-electron chi connectivity index (χ0n) is 15.8. The van der Waals surface area contributed by atoms with E-state index in [0.29, 0.717) is 30.1 Å². The first-order valence-electron chi connectivity index (χ1n) is 9.48. The minimum atomic E-state index is -0.387. The van der Waals surface area contributed by atoms with Gasteiger partial charge in [0, 0.05) is 21.7 Å². The van der Waals surface area contributed by atoms with Crippen LogP contribution < -0.4 is 10.6 Å². The Morgan fingerprint density at radius 1 is 1.36 bits per heavy atom. The van der Waals surface area contributed by atoms with Crippen LogP contribution in [0, 0.1) is 0 Å². The minimum Gasteiger partial charge on any atom is -0.463 e. The van der Waals surface area contributed by atoms with Gasteiger partial charge in [0.25, 0.3) is 0 Å². The number of thioether (sulfide) groups is 1. The van der Waals surface area contributed by atoms with Gasteiger partial charge in [-0.05, 0) is 38.2 Å². The van der Waals surface area contributed by atoms with Crippen LogP contribution in [0.2, 0.25) is 0 Å². The Labute approximate surface area is 171 Å². The van der Waals surface area contributed by atoms with Crippen molar-refractivity contribution in [1.82, 2.24) is 20.6 Å². The smallest absolute Gasteiger partial charge is 0.337 e. The lowest BCUT2D eigenvalue weighted by atomic mass is 10.0. The molecule has 0 saturated carbocycles. The number of carbonyl (C=O) groups excluding carboxylic acids is 2. The Hall–Kier alpha value is -2.13. The van der Waals surface area contributed by atoms with Crippen LogP contribution in [0.5, 0.6) is 0 Å². The van der Waals surface area contributed by atoms with Crippen molar-refractivity contribution in [2.45, 2.75) is 50.6 Å². The van der Waals surface area contributed by atoms with Crippen molar-refractivity contribution in [2.75, 3.05) is 12.4 Å². The molecule has 0 unspecified atom stereocenters. The summed E-state index contributed by atoms with van der Waals surface area (Å²) in [7, 11) is 0. The van der Waals surface area contributed by atoms with Crippen molar-refractivity contribution in [2.24, 2.45) is 0 Å². The molecular weight excluding hydrogens is 396 g/mol. The molecule has 2 amide bonds. The Bertz CT molecular complexity index is 969. The van der Waals surface area contributed by atoms with Crippen molar-refractivity contribution >= 4 is 45.3 Å². The summed E-state index contributed by atoms with van der Waals surface area (Å²) in [5.41, 5.74) is 2.46. The van der Waals surface area contributed by atoms with Gasteiger partial charge in [0.1, 0.15) is 16.2 Å². The minimum absolute atomic E-state index is 0.292. The quantitative estimate of drug-likeness (QED) is 0.425. The Kier molecular flexibility index (Phi) is 5.54. The second kappa shape index (κ2) is 8.08. The highest BCUT2D eigenvalue weighted by molar-refractivity contribution is 7.99. The average molecular weight is 419 g/mol. The maximum Gasteiger partial charge on any atom is 0.337 e. The molecular formula is C19H22N4O3S2. The van der Waals surface area contributed by atoms with Crippen LogP contribution >= 0.6 is 23.1 Å². The van der Waals surface area contributed by atoms with Crippen LogP contribution in [0.4, 0.5) is 4.79 Å². The van der Waals surface area contributed by atoms with Gasteiger partial charge in [0.2, 0.25) is 0 Å². The van der Waals surface area contributed by atoms with Gasteiger partial charge in [-0.3, -0.25) is 0 Å². The predicted octanol–water partition coefficient (Wildman–Crippen LogP) is 3.18. The summed E-state index contributed by atoms with van der Waals surface area (Å²) in [5.74, 6) is 0.0520. The van der Waals surface area contributed by atoms with Crippen molar-refractivity contribution in [3.8, 4) is 0 Å². The fourth-order valence-electron chi connectivity index (χ4n) is 3.73. The van der Waals surface area contributed by atoms with Crippen LogP contribution in [0.25, 0.3) is 10.2 Å². The van der Waals surface area contributed by atoms with Crippen molar-refractivity contribution in [1.29, 1.82) is 0 Å². The highest BCUT2D eigenvalue weighted by atomic mass is 32.2. The third-order valence-corrected chi connectivity index (χ3v) is 7.18. The number of amides is 2. The van der Waals surface area contributed by atoms with E-state index in [2.05, 4.69) is 20.6 Å². The molecule has 1 aliphatic heterocycles. The Balaban J connectivity index is 1.66. The van der Waals surface area contributed by atoms with Crippen LogP contribution in [-0.4, -0.2) is 40.4 Å². The van der Waals surface area contributed by atoms with Crippen LogP contribution in [0.1, 0.15) is 37.1 Å². The molecule has 28 heavy (non-hydrogen) atoms. The van der Waals surface area contributed by atoms with Gasteiger partial charge in [0.05, 0.1) is 18.2 Å². The molecule has 4 rings (SSSR count). The summed E-state index contributed by atoms with van der Waals surface area (Å²) in [6.45, 7) is 4.00. The zero-order valence-corrected chi connectivity index (χ0v) is 17.5. The number of carbonyl (C=O) groups is 2. The van der Waals surface area contributed by atoms with Crippen molar-refractivity contribution in [3.05, 3.63) is 28.0 Å². The molecule has 0 spiro atoms. The number of hydrogen-bond acceptors (Lipinski definition) is 7. The van der Waals surface area contributed by atoms with E-state index < -0.39 is 0 Å². The molecule has 0 fully saturated rings. The Morgan fingerprint density at radius 3 is 3.00 bits per heavy atom. The summed E-state index contributed by atoms with van der Waals surface area (Å²) in [6, 6.07) is -0.640. The predicted molar refractivity (Wildman–Crippen MR) is 110 cm³/mol. The monoisotopic (exact) mass is 418 g/mol. The van der Waals surface area contributed by atoms with Crippen molar-refractivity contribution < 1.29 is 14.3 Å². The summed E-state index contributed by atoms with van der Waals surface area (Å²) >= 11 is 3.28. The lowest BCUT2D eigenvalue weighted by Gasteiger charge is -2.28. The second-order valence-corrected chi connectivity index (χ2v) is 8.72. The van der Waals surface area contributed by atoms with E-state index >= 15 is 0 Å². The molecule has 0 bridgehead atoms. The number of ether oxygens (including phenoxy) is 1. The number of urea groups is 1. The van der Waals surface area contributed by atoms with E-state index in [-0.39, 0.29) is 18.0 Å². The molecule has 2 N–H and O–H groups in total. The molecule has 1 atom stereocenters. The van der Waals surface area contributed by atoms with Gasteiger partial charge >= 0.3 is 12.0 Å². The first-order valence-corrected chi connectivity index (χ1v) is 11.3. The molecule has 1 aliphatic carbocycles. The largest absolute Gasteiger partial charge is 0.463 e. The second-order valence-electron chi connectivity index (χ2n) is 6.68. The molecule has 3 heterocycles. The summed E-state index contributed by atoms with van der Waals surface area (Å²) in [5, 5.41) is 7.64. The SMILES string of the molecule is CCOC(=O)C1=C(CSc2ncnc3sc4c(c23)CCC4)NC(=O)N[C@@H]1CC. The average Bonchev–Trinajstić information content (AvgIpc) is 3.26. The number of thiophene rings is 1. The summed E-state index contributed by atoms with van der Waals surface area (Å²) in [4.78, 5) is 35.9. The van der Waals surface area contributed by atoms with Gasteiger partial charge < -0.3 is 15.4 Å². The number of nitrogens with one attached hydrogen (secondary N) is 2. The Morgan fingerprint density at radius 2 is 2.21 bits per heavy atom. The fourth-order valence-corrected chi connectivity index (χ4v) is 6.01. The maximum atomic E-state index is 12.5. The highest BCUT2D eigenvalue weighted by Crippen LogP contribution is 2.40. The number of rotatable bonds is 6. The number of esters is 1. The van der Waals surface area contributed by atoms with E-state index in [4.69, 9.17) is 4.74 Å². The van der Waals surface area contributed by atoms with Gasteiger partial charge in [0.15, 0.2) is 0 Å². The standard InChI is InChI=1S/C19H22N4O3S2/c1-3-11-15(18(24)26-4-2)12(23-19(25)22-11)8-27-16-14-10-6-5-7-13(10)28-17(14)21-9-20-16/h9,11H,3-8H2,1-2H3,(H2,22,23,25)/t11-/m1/s1. The summed E-state index contributed by atoms with van der Waals surface area (Å²) in [6.07, 6.45) is 5.55. The number of fused-ring (bicyclic) bond motifs is 3. The molecule has 0 aromatic carbocycles. The molecule has 9 heteroatoms. The van der Waals surface area contributed by atoms with Crippen LogP contribution in [0.15, 0.2) is 22.6 Å². The molecule has 2 aromatic rings. The fraction of sp³-hybridized carbons (Fsp3) is 0.474. The van der Waals surface area contributed by atoms with E-state index in [1.54, 1.807) is 24.6 Å². The van der Waals surface area contributed by atoms with E-state index in [1.165, 1.54) is 28.6 Å². The number of aryl methyl sites for hydroxylation is 2. The molecule has 2 aliphatic rings. The van der Waals surface area contributed by atoms with Gasteiger partial charge in [-0.2, -0.15) is 0 Å². The highest BCUT2D eigenvalue weighted by Gasteiger charge is 2.31. The van der Waals surface area contributed by atoms with Gasteiger partial charge in [-0.25, -0.2) is 19.6 Å².